The summed E-state index contributed by atoms with van der Waals surface area (Å²) in [5.74, 6) is -0.357. The lowest BCUT2D eigenvalue weighted by Crippen LogP contribution is -2.19. The number of halogens is 1. The highest BCUT2D eigenvalue weighted by atomic mass is 127. The van der Waals surface area contributed by atoms with Crippen molar-refractivity contribution in [2.75, 3.05) is 5.32 Å². The van der Waals surface area contributed by atoms with Gasteiger partial charge in [0.1, 0.15) is 0 Å². The van der Waals surface area contributed by atoms with Crippen LogP contribution in [0.5, 0.6) is 0 Å². The quantitative estimate of drug-likeness (QED) is 0.660. The molecule has 5 nitrogen and oxygen atoms in total. The second-order valence-electron chi connectivity index (χ2n) is 4.41. The van der Waals surface area contributed by atoms with Crippen LogP contribution in [0, 0.1) is 3.57 Å². The van der Waals surface area contributed by atoms with E-state index in [1.54, 1.807) is 30.3 Å². The summed E-state index contributed by atoms with van der Waals surface area (Å²) in [7, 11) is 0. The highest BCUT2D eigenvalue weighted by molar-refractivity contribution is 14.1. The van der Waals surface area contributed by atoms with Gasteiger partial charge in [0.15, 0.2) is 5.69 Å². The summed E-state index contributed by atoms with van der Waals surface area (Å²) in [6.45, 7) is 0. The Bertz CT molecular complexity index is 889. The number of amides is 1. The molecule has 0 saturated carbocycles. The highest BCUT2D eigenvalue weighted by Crippen LogP contribution is 2.16. The number of aromatic nitrogens is 2. The Labute approximate surface area is 133 Å². The minimum atomic E-state index is -0.357. The minimum Gasteiger partial charge on any atom is -0.321 e. The number of anilines is 1. The van der Waals surface area contributed by atoms with Crippen LogP contribution in [0.2, 0.25) is 0 Å². The van der Waals surface area contributed by atoms with Gasteiger partial charge in [-0.05, 0) is 46.9 Å². The van der Waals surface area contributed by atoms with Gasteiger partial charge < -0.3 is 5.32 Å². The molecule has 0 atom stereocenters. The van der Waals surface area contributed by atoms with E-state index in [9.17, 15) is 9.59 Å². The van der Waals surface area contributed by atoms with Gasteiger partial charge in [-0.1, -0.05) is 24.3 Å². The third kappa shape index (κ3) is 2.80. The number of aromatic amines is 1. The van der Waals surface area contributed by atoms with Crippen molar-refractivity contribution in [3.63, 3.8) is 0 Å². The normalized spacial score (nSPS) is 10.5. The molecule has 0 spiro atoms. The molecule has 0 aliphatic rings. The van der Waals surface area contributed by atoms with Crippen molar-refractivity contribution in [1.82, 2.24) is 10.2 Å². The predicted molar refractivity (Wildman–Crippen MR) is 89.5 cm³/mol. The zero-order valence-electron chi connectivity index (χ0n) is 10.8. The van der Waals surface area contributed by atoms with Gasteiger partial charge in [-0.15, -0.1) is 0 Å². The molecule has 1 heterocycles. The van der Waals surface area contributed by atoms with Gasteiger partial charge >= 0.3 is 0 Å². The summed E-state index contributed by atoms with van der Waals surface area (Å²) in [6.07, 6.45) is 0. The number of H-pyrrole nitrogens is 1. The van der Waals surface area contributed by atoms with Gasteiger partial charge in [0.25, 0.3) is 11.5 Å². The van der Waals surface area contributed by atoms with Crippen LogP contribution in [0.3, 0.4) is 0 Å². The Balaban J connectivity index is 2.03. The zero-order valence-corrected chi connectivity index (χ0v) is 12.9. The molecule has 3 rings (SSSR count). The number of hydrogen-bond acceptors (Lipinski definition) is 3. The van der Waals surface area contributed by atoms with Crippen molar-refractivity contribution < 1.29 is 4.79 Å². The van der Waals surface area contributed by atoms with Crippen LogP contribution in [-0.2, 0) is 0 Å². The van der Waals surface area contributed by atoms with E-state index >= 15 is 0 Å². The lowest BCUT2D eigenvalue weighted by Gasteiger charge is -2.07. The molecule has 6 heteroatoms. The Morgan fingerprint density at radius 1 is 1.10 bits per heavy atom. The van der Waals surface area contributed by atoms with E-state index in [-0.39, 0.29) is 17.2 Å². The molecule has 1 amide bonds. The largest absolute Gasteiger partial charge is 0.321 e. The number of rotatable bonds is 2. The summed E-state index contributed by atoms with van der Waals surface area (Å²) in [5.41, 5.74) is 0.574. The van der Waals surface area contributed by atoms with Gasteiger partial charge in [0.05, 0.1) is 5.39 Å². The molecule has 104 valence electrons. The average Bonchev–Trinajstić information content (AvgIpc) is 2.48. The summed E-state index contributed by atoms with van der Waals surface area (Å²) in [5, 5.41) is 9.99. The summed E-state index contributed by atoms with van der Waals surface area (Å²) >= 11 is 2.17. The van der Waals surface area contributed by atoms with Crippen molar-refractivity contribution in [1.29, 1.82) is 0 Å². The first-order valence-electron chi connectivity index (χ1n) is 6.19. The Kier molecular flexibility index (Phi) is 3.70. The summed E-state index contributed by atoms with van der Waals surface area (Å²) in [6, 6.07) is 14.3. The average molecular weight is 391 g/mol. The SMILES string of the molecule is O=C(Nc1cccc(I)c1)c1n[nH]c(=O)c2ccccc12. The van der Waals surface area contributed by atoms with Crippen LogP contribution >= 0.6 is 22.6 Å². The molecule has 1 aromatic heterocycles. The second-order valence-corrected chi connectivity index (χ2v) is 5.66. The number of nitrogens with zero attached hydrogens (tertiary/aromatic N) is 1. The lowest BCUT2D eigenvalue weighted by molar-refractivity contribution is 0.102. The smallest absolute Gasteiger partial charge is 0.276 e. The molecule has 0 unspecified atom stereocenters. The number of hydrogen-bond donors (Lipinski definition) is 2. The number of fused-ring (bicyclic) bond motifs is 1. The van der Waals surface area contributed by atoms with Crippen molar-refractivity contribution in [2.45, 2.75) is 0 Å². The molecule has 3 aromatic rings. The maximum absolute atomic E-state index is 12.4. The molecular formula is C15H10IN3O2. The lowest BCUT2D eigenvalue weighted by atomic mass is 10.1. The monoisotopic (exact) mass is 391 g/mol. The number of carbonyl (C=O) groups excluding carboxylic acids is 1. The fraction of sp³-hybridized carbons (Fsp3) is 0. The molecule has 2 N–H and O–H groups in total. The van der Waals surface area contributed by atoms with Crippen LogP contribution < -0.4 is 10.9 Å². The highest BCUT2D eigenvalue weighted by Gasteiger charge is 2.14. The van der Waals surface area contributed by atoms with Crippen molar-refractivity contribution >= 4 is 45.0 Å². The van der Waals surface area contributed by atoms with E-state index in [0.717, 1.165) is 3.57 Å². The summed E-state index contributed by atoms with van der Waals surface area (Å²) < 4.78 is 1.02. The van der Waals surface area contributed by atoms with Crippen molar-refractivity contribution in [3.05, 3.63) is 68.1 Å². The van der Waals surface area contributed by atoms with Crippen LogP contribution in [-0.4, -0.2) is 16.1 Å². The van der Waals surface area contributed by atoms with Crippen LogP contribution in [0.15, 0.2) is 53.3 Å². The van der Waals surface area contributed by atoms with Gasteiger partial charge in [-0.3, -0.25) is 9.59 Å². The second kappa shape index (κ2) is 5.65. The summed E-state index contributed by atoms with van der Waals surface area (Å²) in [4.78, 5) is 24.1. The number of carbonyl (C=O) groups is 1. The molecular weight excluding hydrogens is 381 g/mol. The van der Waals surface area contributed by atoms with Gasteiger partial charge in [-0.2, -0.15) is 5.10 Å². The van der Waals surface area contributed by atoms with E-state index < -0.39 is 0 Å². The number of benzene rings is 2. The molecule has 0 saturated heterocycles. The topological polar surface area (TPSA) is 74.8 Å². The third-order valence-corrected chi connectivity index (χ3v) is 3.66. The van der Waals surface area contributed by atoms with E-state index in [4.69, 9.17) is 0 Å². The van der Waals surface area contributed by atoms with Gasteiger partial charge in [0.2, 0.25) is 0 Å². The molecule has 0 bridgehead atoms. The molecule has 21 heavy (non-hydrogen) atoms. The van der Waals surface area contributed by atoms with Crippen LogP contribution in [0.25, 0.3) is 10.8 Å². The number of nitrogens with one attached hydrogen (secondary N) is 2. The van der Waals surface area contributed by atoms with Gasteiger partial charge in [0, 0.05) is 14.6 Å². The molecule has 0 aliphatic heterocycles. The minimum absolute atomic E-state index is 0.198. The van der Waals surface area contributed by atoms with E-state index in [1.165, 1.54) is 0 Å². The Hall–Kier alpha value is -2.22. The Morgan fingerprint density at radius 3 is 2.62 bits per heavy atom. The maximum atomic E-state index is 12.4. The van der Waals surface area contributed by atoms with E-state index in [1.807, 2.05) is 18.2 Å². The van der Waals surface area contributed by atoms with Crippen molar-refractivity contribution in [2.24, 2.45) is 0 Å². The fourth-order valence-electron chi connectivity index (χ4n) is 2.04. The molecule has 0 aliphatic carbocycles. The first-order chi connectivity index (χ1) is 10.1. The first-order valence-corrected chi connectivity index (χ1v) is 7.27. The van der Waals surface area contributed by atoms with Crippen LogP contribution in [0.4, 0.5) is 5.69 Å². The van der Waals surface area contributed by atoms with Crippen molar-refractivity contribution in [3.8, 4) is 0 Å². The van der Waals surface area contributed by atoms with Gasteiger partial charge in [-0.25, -0.2) is 5.10 Å². The Morgan fingerprint density at radius 2 is 1.86 bits per heavy atom. The molecule has 0 radical (unpaired) electrons. The fourth-order valence-corrected chi connectivity index (χ4v) is 2.59. The first kappa shape index (κ1) is 13.7. The zero-order chi connectivity index (χ0) is 14.8. The van der Waals surface area contributed by atoms with Crippen LogP contribution in [0.1, 0.15) is 10.5 Å². The van der Waals surface area contributed by atoms with E-state index in [0.29, 0.717) is 16.5 Å². The predicted octanol–water partition coefficient (Wildman–Crippen LogP) is 2.78. The molecule has 2 aromatic carbocycles. The maximum Gasteiger partial charge on any atom is 0.276 e. The van der Waals surface area contributed by atoms with E-state index in [2.05, 4.69) is 38.1 Å². The third-order valence-electron chi connectivity index (χ3n) is 2.99. The molecule has 0 fully saturated rings. The standard InChI is InChI=1S/C15H10IN3O2/c16-9-4-3-5-10(8-9)17-15(21)13-11-6-1-2-7-12(11)14(20)19-18-13/h1-8H,(H,17,21)(H,19,20).